The summed E-state index contributed by atoms with van der Waals surface area (Å²) in [5.41, 5.74) is 8.08. The highest BCUT2D eigenvalue weighted by molar-refractivity contribution is 5.93. The molecule has 0 bridgehead atoms. The Balaban J connectivity index is 1.72. The van der Waals surface area contributed by atoms with Crippen LogP contribution in [0.2, 0.25) is 0 Å². The number of amides is 1. The first-order valence-electron chi connectivity index (χ1n) is 7.51. The Morgan fingerprint density at radius 2 is 2.38 bits per heavy atom. The van der Waals surface area contributed by atoms with Gasteiger partial charge in [-0.05, 0) is 25.4 Å². The third-order valence-electron chi connectivity index (χ3n) is 3.98. The van der Waals surface area contributed by atoms with Gasteiger partial charge in [0.05, 0.1) is 43.8 Å². The Kier molecular flexibility index (Phi) is 4.37. The van der Waals surface area contributed by atoms with E-state index in [0.29, 0.717) is 5.56 Å². The second kappa shape index (κ2) is 6.33. The molecule has 0 aliphatic carbocycles. The second-order valence-electron chi connectivity index (χ2n) is 6.18. The molecule has 10 heteroatoms. The minimum Gasteiger partial charge on any atom is -0.372 e. The molecule has 0 radical (unpaired) electrons. The summed E-state index contributed by atoms with van der Waals surface area (Å²) in [5.74, 6) is -1.10. The number of ether oxygens (including phenoxy) is 3. The Morgan fingerprint density at radius 3 is 3.08 bits per heavy atom. The Labute approximate surface area is 138 Å². The van der Waals surface area contributed by atoms with Crippen LogP contribution in [0.25, 0.3) is 10.4 Å². The molecule has 2 fully saturated rings. The molecule has 10 nitrogen and oxygen atoms in total. The van der Waals surface area contributed by atoms with Gasteiger partial charge in [-0.15, -0.1) is 0 Å². The number of hydrogen-bond acceptors (Lipinski definition) is 7. The van der Waals surface area contributed by atoms with Gasteiger partial charge in [-0.2, -0.15) is 10.2 Å². The van der Waals surface area contributed by atoms with Crippen LogP contribution in [-0.4, -0.2) is 59.4 Å². The summed E-state index contributed by atoms with van der Waals surface area (Å²) in [6.45, 7) is 4.18. The normalized spacial score (nSPS) is 30.4. The van der Waals surface area contributed by atoms with Crippen LogP contribution in [0.3, 0.4) is 0 Å². The largest absolute Gasteiger partial charge is 0.372 e. The van der Waals surface area contributed by atoms with Crippen LogP contribution in [0.15, 0.2) is 23.6 Å². The van der Waals surface area contributed by atoms with Crippen molar-refractivity contribution in [3.63, 3.8) is 0 Å². The van der Waals surface area contributed by atoms with Crippen molar-refractivity contribution in [3.05, 3.63) is 34.5 Å². The van der Waals surface area contributed by atoms with Crippen molar-refractivity contribution in [1.29, 1.82) is 0 Å². The molecule has 128 valence electrons. The predicted molar refractivity (Wildman–Crippen MR) is 80.9 cm³/mol. The van der Waals surface area contributed by atoms with Crippen molar-refractivity contribution in [2.75, 3.05) is 19.7 Å². The minimum atomic E-state index is -0.824. The fraction of sp³-hybridized carbons (Fsp3) is 0.643. The van der Waals surface area contributed by atoms with Crippen molar-refractivity contribution < 1.29 is 19.0 Å². The summed E-state index contributed by atoms with van der Waals surface area (Å²) in [6, 6.07) is 1.57. The van der Waals surface area contributed by atoms with E-state index >= 15 is 0 Å². The maximum atomic E-state index is 12.2. The van der Waals surface area contributed by atoms with Gasteiger partial charge in [-0.1, -0.05) is 5.11 Å². The first-order valence-corrected chi connectivity index (χ1v) is 7.51. The van der Waals surface area contributed by atoms with E-state index in [1.807, 2.05) is 0 Å². The van der Waals surface area contributed by atoms with E-state index in [2.05, 4.69) is 25.5 Å². The Morgan fingerprint density at radius 1 is 1.54 bits per heavy atom. The molecule has 0 aromatic carbocycles. The van der Waals surface area contributed by atoms with E-state index in [4.69, 9.17) is 19.7 Å². The monoisotopic (exact) mass is 334 g/mol. The van der Waals surface area contributed by atoms with Gasteiger partial charge in [-0.25, -0.2) is 0 Å². The fourth-order valence-corrected chi connectivity index (χ4v) is 3.06. The smallest absolute Gasteiger partial charge is 0.253 e. The van der Waals surface area contributed by atoms with Crippen LogP contribution in [0.1, 0.15) is 24.2 Å². The van der Waals surface area contributed by atoms with Gasteiger partial charge in [0.2, 0.25) is 0 Å². The zero-order chi connectivity index (χ0) is 17.2. The van der Waals surface area contributed by atoms with E-state index in [0.717, 1.165) is 0 Å². The molecular formula is C14H18N6O4. The number of azide groups is 1. The fourth-order valence-electron chi connectivity index (χ4n) is 3.06. The van der Waals surface area contributed by atoms with Gasteiger partial charge in [0.15, 0.2) is 5.79 Å². The van der Waals surface area contributed by atoms with Gasteiger partial charge < -0.3 is 19.5 Å². The molecule has 1 aromatic rings. The number of nitrogens with zero attached hydrogens (tertiary/aromatic N) is 5. The maximum absolute atomic E-state index is 12.2. The third-order valence-corrected chi connectivity index (χ3v) is 3.98. The highest BCUT2D eigenvalue weighted by atomic mass is 16.8. The van der Waals surface area contributed by atoms with E-state index < -0.39 is 23.6 Å². The summed E-state index contributed by atoms with van der Waals surface area (Å²) in [5, 5.41) is 13.7. The first-order chi connectivity index (χ1) is 11.5. The number of nitrogens with one attached hydrogen (secondary N) is 1. The summed E-state index contributed by atoms with van der Waals surface area (Å²) >= 11 is 0. The molecule has 0 spiro atoms. The van der Waals surface area contributed by atoms with E-state index in [-0.39, 0.29) is 25.6 Å². The van der Waals surface area contributed by atoms with Crippen molar-refractivity contribution in [2.45, 2.75) is 37.4 Å². The van der Waals surface area contributed by atoms with Crippen molar-refractivity contribution in [1.82, 2.24) is 15.5 Å². The number of carbonyl (C=O) groups is 1. The highest BCUT2D eigenvalue weighted by Gasteiger charge is 2.60. The summed E-state index contributed by atoms with van der Waals surface area (Å²) < 4.78 is 17.6. The van der Waals surface area contributed by atoms with Crippen LogP contribution in [0.5, 0.6) is 0 Å². The van der Waals surface area contributed by atoms with Crippen LogP contribution >= 0.6 is 0 Å². The Bertz CT molecular complexity index is 662. The molecule has 1 amide bonds. The maximum Gasteiger partial charge on any atom is 0.253 e. The van der Waals surface area contributed by atoms with Gasteiger partial charge in [0.25, 0.3) is 5.91 Å². The van der Waals surface area contributed by atoms with Crippen molar-refractivity contribution in [3.8, 4) is 0 Å². The average Bonchev–Trinajstić information content (AvgIpc) is 3.02. The molecule has 2 aliphatic rings. The van der Waals surface area contributed by atoms with Gasteiger partial charge in [0.1, 0.15) is 11.7 Å². The van der Waals surface area contributed by atoms with Gasteiger partial charge >= 0.3 is 0 Å². The minimum absolute atomic E-state index is 0.143. The van der Waals surface area contributed by atoms with Crippen molar-refractivity contribution in [2.24, 2.45) is 5.11 Å². The standard InChI is InChI=1S/C14H18N6O4/c1-13(2)23-11-10(6-19-20-15)22-8-14(11,24-13)7-16-12(21)9-3-4-17-18-5-9/h3-5,10-11H,6-8H2,1-2H3,(H,16,21)/t10-,11?,14+/m1/s1. The number of rotatable bonds is 5. The molecule has 3 heterocycles. The lowest BCUT2D eigenvalue weighted by Gasteiger charge is -2.27. The van der Waals surface area contributed by atoms with Crippen molar-refractivity contribution >= 4 is 5.91 Å². The predicted octanol–water partition coefficient (Wildman–Crippen LogP) is 0.806. The molecule has 3 rings (SSSR count). The quantitative estimate of drug-likeness (QED) is 0.481. The zero-order valence-corrected chi connectivity index (χ0v) is 13.4. The molecule has 1 N–H and O–H groups in total. The SMILES string of the molecule is CC1(C)OC2[C@@H](CN=[N+]=[N-])OC[C@]2(CNC(=O)c2ccnnc2)O1. The zero-order valence-electron chi connectivity index (χ0n) is 13.4. The molecule has 3 atom stereocenters. The number of hydrogen-bond donors (Lipinski definition) is 1. The van der Waals surface area contributed by atoms with Crippen LogP contribution in [0.4, 0.5) is 0 Å². The number of carbonyl (C=O) groups excluding carboxylic acids is 1. The van der Waals surface area contributed by atoms with E-state index in [1.54, 1.807) is 19.9 Å². The van der Waals surface area contributed by atoms with Crippen LogP contribution in [0, 0.1) is 0 Å². The van der Waals surface area contributed by atoms with E-state index in [1.165, 1.54) is 12.4 Å². The lowest BCUT2D eigenvalue weighted by Crippen LogP contribution is -2.51. The molecule has 24 heavy (non-hydrogen) atoms. The summed E-state index contributed by atoms with van der Waals surface area (Å²) in [7, 11) is 0. The summed E-state index contributed by atoms with van der Waals surface area (Å²) in [6.07, 6.45) is 1.98. The topological polar surface area (TPSA) is 131 Å². The molecule has 1 unspecified atom stereocenters. The molecule has 0 saturated carbocycles. The summed E-state index contributed by atoms with van der Waals surface area (Å²) in [4.78, 5) is 15.0. The highest BCUT2D eigenvalue weighted by Crippen LogP contribution is 2.43. The molecule has 2 aliphatic heterocycles. The molecular weight excluding hydrogens is 316 g/mol. The van der Waals surface area contributed by atoms with Gasteiger partial charge in [0, 0.05) is 4.91 Å². The van der Waals surface area contributed by atoms with Crippen LogP contribution in [-0.2, 0) is 14.2 Å². The van der Waals surface area contributed by atoms with Gasteiger partial charge in [-0.3, -0.25) is 4.79 Å². The number of fused-ring (bicyclic) bond motifs is 1. The Hall–Kier alpha value is -2.26. The van der Waals surface area contributed by atoms with E-state index in [9.17, 15) is 4.79 Å². The molecule has 1 aromatic heterocycles. The average molecular weight is 334 g/mol. The lowest BCUT2D eigenvalue weighted by atomic mass is 9.96. The number of aromatic nitrogens is 2. The lowest BCUT2D eigenvalue weighted by molar-refractivity contribution is -0.188. The van der Waals surface area contributed by atoms with Crippen LogP contribution < -0.4 is 5.32 Å². The second-order valence-corrected chi connectivity index (χ2v) is 6.18. The first kappa shape index (κ1) is 16.6. The molecule has 2 saturated heterocycles. The third kappa shape index (κ3) is 3.17.